The third kappa shape index (κ3) is 9.84. The van der Waals surface area contributed by atoms with Gasteiger partial charge in [0, 0.05) is 62.5 Å². The van der Waals surface area contributed by atoms with Crippen LogP contribution in [-0.4, -0.2) is 83.3 Å². The van der Waals surface area contributed by atoms with Gasteiger partial charge < -0.3 is 29.6 Å². The number of hydrogen-bond donors (Lipinski definition) is 2. The minimum Gasteiger partial charge on any atom is -0.497 e. The van der Waals surface area contributed by atoms with E-state index < -0.39 is 0 Å². The molecule has 3 heterocycles. The van der Waals surface area contributed by atoms with E-state index >= 15 is 0 Å². The van der Waals surface area contributed by atoms with E-state index in [9.17, 15) is 4.79 Å². The molecule has 1 saturated carbocycles. The molecule has 216 valence electrons. The number of carbonyl (C=O) groups excluding carboxylic acids is 1. The third-order valence-corrected chi connectivity index (χ3v) is 8.07. The van der Waals surface area contributed by atoms with E-state index in [-0.39, 0.29) is 6.29 Å². The number of nitrogens with one attached hydrogen (secondary N) is 2. The number of amides is 1. The van der Waals surface area contributed by atoms with Crippen molar-refractivity contribution < 1.29 is 23.7 Å². The van der Waals surface area contributed by atoms with Crippen LogP contribution in [-0.2, 0) is 19.0 Å². The first-order chi connectivity index (χ1) is 18.6. The highest BCUT2D eigenvalue weighted by Gasteiger charge is 2.54. The fourth-order valence-corrected chi connectivity index (χ4v) is 6.24. The van der Waals surface area contributed by atoms with E-state index in [4.69, 9.17) is 18.9 Å². The normalized spacial score (nSPS) is 26.4. The van der Waals surface area contributed by atoms with Gasteiger partial charge in [0.1, 0.15) is 5.75 Å². The monoisotopic (exact) mass is 551 g/mol. The molecule has 5 unspecified atom stereocenters. The molecule has 9 heteroatoms. The Hall–Kier alpha value is -1.62. The van der Waals surface area contributed by atoms with Gasteiger partial charge in [0.25, 0.3) is 0 Å². The predicted molar refractivity (Wildman–Crippen MR) is 154 cm³/mol. The number of nitrogens with zero attached hydrogens (tertiary/aromatic N) is 1. The van der Waals surface area contributed by atoms with Crippen molar-refractivity contribution in [2.24, 2.45) is 23.7 Å². The van der Waals surface area contributed by atoms with E-state index in [2.05, 4.69) is 33.7 Å². The summed E-state index contributed by atoms with van der Waals surface area (Å²) in [4.78, 5) is 11.5. The van der Waals surface area contributed by atoms with Crippen molar-refractivity contribution in [1.29, 1.82) is 0 Å². The first-order valence-corrected chi connectivity index (χ1v) is 14.7. The molecule has 4 fully saturated rings. The maximum Gasteiger partial charge on any atom is 0.207 e. The summed E-state index contributed by atoms with van der Waals surface area (Å²) >= 11 is 1.78. The summed E-state index contributed by atoms with van der Waals surface area (Å²) in [7, 11) is 3.48. The Morgan fingerprint density at radius 3 is 2.42 bits per heavy atom. The molecule has 0 radical (unpaired) electrons. The van der Waals surface area contributed by atoms with Crippen molar-refractivity contribution in [3.63, 3.8) is 0 Å². The van der Waals surface area contributed by atoms with Gasteiger partial charge in [0.05, 0.1) is 26.4 Å². The van der Waals surface area contributed by atoms with Crippen molar-refractivity contribution in [2.45, 2.75) is 50.9 Å². The summed E-state index contributed by atoms with van der Waals surface area (Å²) in [5, 5.41) is 6.03. The summed E-state index contributed by atoms with van der Waals surface area (Å²) in [6, 6.07) is 8.14. The second kappa shape index (κ2) is 18.6. The van der Waals surface area contributed by atoms with Crippen LogP contribution < -0.4 is 15.4 Å². The molecule has 38 heavy (non-hydrogen) atoms. The fourth-order valence-electron chi connectivity index (χ4n) is 5.17. The zero-order chi connectivity index (χ0) is 27.8. The van der Waals surface area contributed by atoms with Crippen LogP contribution in [0.15, 0.2) is 41.8 Å². The van der Waals surface area contributed by atoms with Crippen LogP contribution in [0.2, 0.25) is 0 Å². The Balaban J connectivity index is 0.000000249. The topological polar surface area (TPSA) is 81.3 Å². The molecule has 2 N–H and O–H groups in total. The van der Waals surface area contributed by atoms with Gasteiger partial charge in [0.15, 0.2) is 6.29 Å². The van der Waals surface area contributed by atoms with Gasteiger partial charge >= 0.3 is 0 Å². The second-order valence-corrected chi connectivity index (χ2v) is 10.7. The fraction of sp³-hybridized carbons (Fsp3) is 0.690. The second-order valence-electron chi connectivity index (χ2n) is 9.57. The Kier molecular flexibility index (Phi) is 16.0. The Morgan fingerprint density at radius 1 is 1.16 bits per heavy atom. The first-order valence-electron chi connectivity index (χ1n) is 13.9. The van der Waals surface area contributed by atoms with Crippen LogP contribution in [0, 0.1) is 23.7 Å². The van der Waals surface area contributed by atoms with Crippen LogP contribution in [0.1, 0.15) is 33.6 Å². The Morgan fingerprint density at radius 2 is 1.84 bits per heavy atom. The maximum absolute atomic E-state index is 10.3. The highest BCUT2D eigenvalue weighted by Crippen LogP contribution is 2.49. The lowest BCUT2D eigenvalue weighted by Gasteiger charge is -2.32. The number of rotatable bonds is 11. The molecule has 0 spiro atoms. The molecule has 3 aliphatic heterocycles. The number of ether oxygens (including phenoxy) is 4. The lowest BCUT2D eigenvalue weighted by atomic mass is 9.98. The zero-order valence-electron chi connectivity index (χ0n) is 23.9. The molecular weight excluding hydrogens is 502 g/mol. The molecule has 5 rings (SSSR count). The van der Waals surface area contributed by atoms with Crippen molar-refractivity contribution in [3.05, 3.63) is 36.9 Å². The molecule has 1 aromatic carbocycles. The van der Waals surface area contributed by atoms with Gasteiger partial charge in [-0.25, -0.2) is 4.31 Å². The van der Waals surface area contributed by atoms with Crippen molar-refractivity contribution >= 4 is 18.4 Å². The molecule has 0 aromatic heterocycles. The van der Waals surface area contributed by atoms with Crippen LogP contribution in [0.5, 0.6) is 5.75 Å². The first kappa shape index (κ1) is 32.6. The van der Waals surface area contributed by atoms with Gasteiger partial charge in [-0.2, -0.15) is 0 Å². The SMILES string of the molecule is C=CC.CC.COC1C2COC3OCC1C3C2.COc1ccc(SN(CCCNC=O)CC2CNC2)cc1. The third-order valence-electron chi connectivity index (χ3n) is 6.99. The molecule has 1 aliphatic carbocycles. The Labute approximate surface area is 234 Å². The van der Waals surface area contributed by atoms with Gasteiger partial charge in [0.2, 0.25) is 6.41 Å². The molecule has 8 nitrogen and oxygen atoms in total. The lowest BCUT2D eigenvalue weighted by molar-refractivity contribution is -0.170. The van der Waals surface area contributed by atoms with E-state index in [0.29, 0.717) is 23.9 Å². The number of allylic oxidation sites excluding steroid dienone is 1. The largest absolute Gasteiger partial charge is 0.497 e. The van der Waals surface area contributed by atoms with Crippen LogP contribution in [0.25, 0.3) is 0 Å². The van der Waals surface area contributed by atoms with Crippen LogP contribution in [0.4, 0.5) is 0 Å². The summed E-state index contributed by atoms with van der Waals surface area (Å²) in [6.07, 6.45) is 5.20. The van der Waals surface area contributed by atoms with Crippen LogP contribution >= 0.6 is 11.9 Å². The van der Waals surface area contributed by atoms with Gasteiger partial charge in [-0.15, -0.1) is 6.58 Å². The minimum absolute atomic E-state index is 0.0893. The van der Waals surface area contributed by atoms with Crippen molar-refractivity contribution in [1.82, 2.24) is 14.9 Å². The molecular formula is C29H49N3O5S. The van der Waals surface area contributed by atoms with Gasteiger partial charge in [-0.1, -0.05) is 19.9 Å². The molecule has 2 bridgehead atoms. The van der Waals surface area contributed by atoms with E-state index in [0.717, 1.165) is 70.4 Å². The summed E-state index contributed by atoms with van der Waals surface area (Å²) < 4.78 is 24.2. The smallest absolute Gasteiger partial charge is 0.207 e. The molecule has 1 aromatic rings. The highest BCUT2D eigenvalue weighted by atomic mass is 32.2. The summed E-state index contributed by atoms with van der Waals surface area (Å²) in [5.41, 5.74) is 0. The minimum atomic E-state index is 0.0893. The standard InChI is InChI=1S/C15H23N3O2S.C9H14O3.C3H6.C2H6/c1-20-14-3-5-15(6-4-14)21-18(8-2-7-16-12-19)11-13-9-17-10-13;1-10-8-5-2-6-7(8)4-12-9(6)11-3-5;1-3-2;1-2/h3-6,12-13,17H,2,7-11H2,1H3,(H,16,19);5-9H,2-4H2,1H3;3H,1H2,2H3;1-2H3. The average Bonchev–Trinajstić information content (AvgIpc) is 3.46. The highest BCUT2D eigenvalue weighted by molar-refractivity contribution is 7.97. The maximum atomic E-state index is 10.3. The number of carbonyl (C=O) groups is 1. The van der Waals surface area contributed by atoms with Crippen molar-refractivity contribution in [3.8, 4) is 5.75 Å². The molecule has 4 aliphatic rings. The Bertz CT molecular complexity index is 780. The van der Waals surface area contributed by atoms with E-state index in [1.807, 2.05) is 32.9 Å². The van der Waals surface area contributed by atoms with Crippen LogP contribution in [0.3, 0.4) is 0 Å². The van der Waals surface area contributed by atoms with Gasteiger partial charge in [-0.05, 0) is 61.9 Å². The number of fused-ring (bicyclic) bond motifs is 1. The molecule has 5 atom stereocenters. The quantitative estimate of drug-likeness (QED) is 0.183. The summed E-state index contributed by atoms with van der Waals surface area (Å²) in [6.45, 7) is 15.9. The summed E-state index contributed by atoms with van der Waals surface area (Å²) in [5.74, 6) is 3.46. The number of benzene rings is 1. The van der Waals surface area contributed by atoms with E-state index in [1.165, 1.54) is 11.3 Å². The number of hydrogen-bond acceptors (Lipinski definition) is 8. The molecule has 1 amide bonds. The zero-order valence-corrected chi connectivity index (χ0v) is 24.7. The van der Waals surface area contributed by atoms with Gasteiger partial charge in [-0.3, -0.25) is 4.79 Å². The molecule has 3 saturated heterocycles. The van der Waals surface area contributed by atoms with Crippen molar-refractivity contribution in [2.75, 3.05) is 60.2 Å². The lowest BCUT2D eigenvalue weighted by Crippen LogP contribution is -2.47. The van der Waals surface area contributed by atoms with E-state index in [1.54, 1.807) is 32.2 Å². The predicted octanol–water partition coefficient (Wildman–Crippen LogP) is 4.22. The average molecular weight is 552 g/mol. The number of methoxy groups -OCH3 is 2.